The minimum absolute atomic E-state index is 0.00772. The molecule has 0 fully saturated rings. The minimum atomic E-state index is -0.00772. The van der Waals surface area contributed by atoms with Crippen LogP contribution in [0.2, 0.25) is 0 Å². The zero-order chi connectivity index (χ0) is 8.10. The smallest absolute Gasteiger partial charge is 0.0265 e. The lowest BCUT2D eigenvalue weighted by Crippen LogP contribution is -2.01. The molecule has 0 radical (unpaired) electrons. The van der Waals surface area contributed by atoms with Gasteiger partial charge in [0, 0.05) is 5.88 Å². The van der Waals surface area contributed by atoms with E-state index in [0.29, 0.717) is 0 Å². The SMILES string of the molecule is CP(CCCl)c1ccccc1. The van der Waals surface area contributed by atoms with Crippen molar-refractivity contribution in [2.75, 3.05) is 18.7 Å². The highest BCUT2D eigenvalue weighted by Crippen LogP contribution is 2.28. The van der Waals surface area contributed by atoms with E-state index in [1.165, 1.54) is 5.30 Å². The number of hydrogen-bond donors (Lipinski definition) is 0. The lowest BCUT2D eigenvalue weighted by Gasteiger charge is -2.09. The molecule has 0 bridgehead atoms. The van der Waals surface area contributed by atoms with Gasteiger partial charge in [-0.05, 0) is 18.1 Å². The summed E-state index contributed by atoms with van der Waals surface area (Å²) in [5.74, 6) is 0.775. The Hall–Kier alpha value is -0.0600. The highest BCUT2D eigenvalue weighted by atomic mass is 35.5. The first kappa shape index (κ1) is 9.03. The Kier molecular flexibility index (Phi) is 3.90. The maximum atomic E-state index is 5.66. The molecule has 0 aliphatic carbocycles. The first-order chi connectivity index (χ1) is 5.34. The van der Waals surface area contributed by atoms with Crippen LogP contribution in [-0.4, -0.2) is 18.7 Å². The Labute approximate surface area is 74.3 Å². The van der Waals surface area contributed by atoms with Crippen molar-refractivity contribution in [1.82, 2.24) is 0 Å². The van der Waals surface area contributed by atoms with Gasteiger partial charge in [0.05, 0.1) is 0 Å². The standard InChI is InChI=1S/C9H12ClP/c1-11(8-7-10)9-5-3-2-4-6-9/h2-6H,7-8H2,1H3. The number of hydrogen-bond acceptors (Lipinski definition) is 0. The molecule has 0 aliphatic rings. The molecule has 0 aromatic heterocycles. The quantitative estimate of drug-likeness (QED) is 0.503. The third kappa shape index (κ3) is 2.81. The van der Waals surface area contributed by atoms with E-state index in [-0.39, 0.29) is 7.92 Å². The van der Waals surface area contributed by atoms with E-state index < -0.39 is 0 Å². The van der Waals surface area contributed by atoms with E-state index in [2.05, 4.69) is 30.9 Å². The second-order valence-electron chi connectivity index (χ2n) is 2.45. The minimum Gasteiger partial charge on any atom is -0.126 e. The molecule has 0 saturated carbocycles. The number of alkyl halides is 1. The van der Waals surface area contributed by atoms with Crippen molar-refractivity contribution >= 4 is 24.8 Å². The fraction of sp³-hybridized carbons (Fsp3) is 0.333. The van der Waals surface area contributed by atoms with Gasteiger partial charge in [-0.3, -0.25) is 0 Å². The van der Waals surface area contributed by atoms with Gasteiger partial charge >= 0.3 is 0 Å². The molecule has 1 rings (SSSR count). The highest BCUT2D eigenvalue weighted by Gasteiger charge is 2.01. The summed E-state index contributed by atoms with van der Waals surface area (Å²) in [5, 5.41) is 1.45. The lowest BCUT2D eigenvalue weighted by molar-refractivity contribution is 1.51. The van der Waals surface area contributed by atoms with Crippen molar-refractivity contribution in [3.8, 4) is 0 Å². The van der Waals surface area contributed by atoms with Crippen LogP contribution in [0.3, 0.4) is 0 Å². The van der Waals surface area contributed by atoms with Gasteiger partial charge in [0.25, 0.3) is 0 Å². The van der Waals surface area contributed by atoms with Crippen molar-refractivity contribution < 1.29 is 0 Å². The molecule has 0 aliphatic heterocycles. The van der Waals surface area contributed by atoms with E-state index in [1.54, 1.807) is 0 Å². The summed E-state index contributed by atoms with van der Waals surface area (Å²) >= 11 is 5.66. The Morgan fingerprint density at radius 2 is 1.91 bits per heavy atom. The molecule has 0 spiro atoms. The Bertz CT molecular complexity index is 198. The summed E-state index contributed by atoms with van der Waals surface area (Å²) in [7, 11) is -0.00772. The van der Waals surface area contributed by atoms with Crippen molar-refractivity contribution in [3.63, 3.8) is 0 Å². The van der Waals surface area contributed by atoms with Gasteiger partial charge in [-0.25, -0.2) is 0 Å². The molecule has 1 unspecified atom stereocenters. The monoisotopic (exact) mass is 186 g/mol. The zero-order valence-electron chi connectivity index (χ0n) is 6.63. The van der Waals surface area contributed by atoms with Crippen LogP contribution in [0.15, 0.2) is 30.3 Å². The number of rotatable bonds is 3. The fourth-order valence-corrected chi connectivity index (χ4v) is 2.89. The van der Waals surface area contributed by atoms with Gasteiger partial charge in [0.2, 0.25) is 0 Å². The summed E-state index contributed by atoms with van der Waals surface area (Å²) in [4.78, 5) is 0. The Morgan fingerprint density at radius 1 is 1.27 bits per heavy atom. The summed E-state index contributed by atoms with van der Waals surface area (Å²) in [6, 6.07) is 10.6. The molecule has 11 heavy (non-hydrogen) atoms. The number of benzene rings is 1. The third-order valence-corrected chi connectivity index (χ3v) is 4.14. The lowest BCUT2D eigenvalue weighted by atomic mass is 10.4. The predicted octanol–water partition coefficient (Wildman–Crippen LogP) is 2.66. The van der Waals surface area contributed by atoms with Crippen molar-refractivity contribution in [2.45, 2.75) is 0 Å². The van der Waals surface area contributed by atoms with Gasteiger partial charge in [-0.1, -0.05) is 38.3 Å². The highest BCUT2D eigenvalue weighted by molar-refractivity contribution is 7.64. The average Bonchev–Trinajstić information content (AvgIpc) is 2.07. The van der Waals surface area contributed by atoms with Crippen LogP contribution >= 0.6 is 19.5 Å². The predicted molar refractivity (Wildman–Crippen MR) is 54.5 cm³/mol. The van der Waals surface area contributed by atoms with Gasteiger partial charge in [0.15, 0.2) is 0 Å². The summed E-state index contributed by atoms with van der Waals surface area (Å²) in [6.45, 7) is 2.27. The molecule has 0 heterocycles. The maximum absolute atomic E-state index is 5.66. The molecule has 0 saturated heterocycles. The second kappa shape index (κ2) is 4.74. The second-order valence-corrected chi connectivity index (χ2v) is 5.18. The van der Waals surface area contributed by atoms with Crippen LogP contribution in [0.25, 0.3) is 0 Å². The molecular formula is C9H12ClP. The van der Waals surface area contributed by atoms with Gasteiger partial charge in [0.1, 0.15) is 0 Å². The van der Waals surface area contributed by atoms with E-state index in [9.17, 15) is 0 Å². The fourth-order valence-electron chi connectivity index (χ4n) is 0.938. The van der Waals surface area contributed by atoms with Crippen molar-refractivity contribution in [1.29, 1.82) is 0 Å². The molecule has 1 aromatic rings. The van der Waals surface area contributed by atoms with Gasteiger partial charge in [-0.15, -0.1) is 11.6 Å². The summed E-state index contributed by atoms with van der Waals surface area (Å²) in [5.41, 5.74) is 0. The molecule has 2 heteroatoms. The summed E-state index contributed by atoms with van der Waals surface area (Å²) in [6.07, 6.45) is 1.13. The van der Waals surface area contributed by atoms with E-state index in [4.69, 9.17) is 11.6 Å². The molecule has 60 valence electrons. The molecule has 0 N–H and O–H groups in total. The molecule has 1 aromatic carbocycles. The van der Waals surface area contributed by atoms with E-state index >= 15 is 0 Å². The third-order valence-electron chi connectivity index (χ3n) is 1.62. The van der Waals surface area contributed by atoms with Crippen molar-refractivity contribution in [2.24, 2.45) is 0 Å². The maximum Gasteiger partial charge on any atom is 0.0265 e. The molecule has 0 amide bonds. The zero-order valence-corrected chi connectivity index (χ0v) is 8.28. The Morgan fingerprint density at radius 3 is 2.45 bits per heavy atom. The first-order valence-corrected chi connectivity index (χ1v) is 6.17. The topological polar surface area (TPSA) is 0 Å². The molecular weight excluding hydrogens is 175 g/mol. The van der Waals surface area contributed by atoms with E-state index in [0.717, 1.165) is 12.0 Å². The van der Waals surface area contributed by atoms with Crippen LogP contribution in [0.1, 0.15) is 0 Å². The van der Waals surface area contributed by atoms with Crippen molar-refractivity contribution in [3.05, 3.63) is 30.3 Å². The van der Waals surface area contributed by atoms with Crippen LogP contribution in [-0.2, 0) is 0 Å². The van der Waals surface area contributed by atoms with E-state index in [1.807, 2.05) is 6.07 Å². The Balaban J connectivity index is 2.61. The van der Waals surface area contributed by atoms with Gasteiger partial charge < -0.3 is 0 Å². The number of halogens is 1. The normalized spacial score (nSPS) is 12.9. The largest absolute Gasteiger partial charge is 0.126 e. The molecule has 0 nitrogen and oxygen atoms in total. The first-order valence-electron chi connectivity index (χ1n) is 3.66. The summed E-state index contributed by atoms with van der Waals surface area (Å²) < 4.78 is 0. The van der Waals surface area contributed by atoms with Crippen LogP contribution in [0.4, 0.5) is 0 Å². The van der Waals surface area contributed by atoms with Crippen LogP contribution in [0, 0.1) is 0 Å². The van der Waals surface area contributed by atoms with Gasteiger partial charge in [-0.2, -0.15) is 0 Å². The average molecular weight is 187 g/mol. The van der Waals surface area contributed by atoms with Crippen LogP contribution in [0.5, 0.6) is 0 Å². The van der Waals surface area contributed by atoms with Crippen LogP contribution < -0.4 is 5.30 Å². The molecule has 1 atom stereocenters.